The number of hydrogen-bond donors (Lipinski definition) is 2. The summed E-state index contributed by atoms with van der Waals surface area (Å²) >= 11 is 0. The third-order valence-corrected chi connectivity index (χ3v) is 4.44. The Bertz CT molecular complexity index is 715. The van der Waals surface area contributed by atoms with Crippen LogP contribution in [0.5, 0.6) is 5.75 Å². The number of guanidine groups is 1. The average Bonchev–Trinajstić information content (AvgIpc) is 2.66. The van der Waals surface area contributed by atoms with Gasteiger partial charge in [0.25, 0.3) is 0 Å². The number of fused-ring (bicyclic) bond motifs is 1. The maximum Gasteiger partial charge on any atom is 0.191 e. The summed E-state index contributed by atoms with van der Waals surface area (Å²) in [6, 6.07) is 14.8. The van der Waals surface area contributed by atoms with Crippen molar-refractivity contribution in [1.29, 1.82) is 0 Å². The van der Waals surface area contributed by atoms with E-state index in [4.69, 9.17) is 4.74 Å². The summed E-state index contributed by atoms with van der Waals surface area (Å²) < 4.78 is 18.6. The Kier molecular flexibility index (Phi) is 5.88. The minimum absolute atomic E-state index is 0.203. The Morgan fingerprint density at radius 2 is 1.96 bits per heavy atom. The molecule has 1 heterocycles. The number of hydrogen-bond acceptors (Lipinski definition) is 2. The first-order valence-electron chi connectivity index (χ1n) is 8.67. The van der Waals surface area contributed by atoms with E-state index >= 15 is 0 Å². The Balaban J connectivity index is 1.48. The van der Waals surface area contributed by atoms with E-state index in [2.05, 4.69) is 27.8 Å². The Morgan fingerprint density at radius 1 is 1.16 bits per heavy atom. The molecule has 0 saturated carbocycles. The summed E-state index contributed by atoms with van der Waals surface area (Å²) in [6.07, 6.45) is 1.82. The van der Waals surface area contributed by atoms with Crippen molar-refractivity contribution in [3.8, 4) is 5.75 Å². The second-order valence-corrected chi connectivity index (χ2v) is 6.13. The lowest BCUT2D eigenvalue weighted by molar-refractivity contribution is 0.267. The van der Waals surface area contributed by atoms with Gasteiger partial charge in [0.2, 0.25) is 0 Å². The van der Waals surface area contributed by atoms with Crippen LogP contribution in [-0.4, -0.2) is 32.7 Å². The van der Waals surface area contributed by atoms with Gasteiger partial charge >= 0.3 is 0 Å². The molecule has 2 aromatic carbocycles. The highest BCUT2D eigenvalue weighted by molar-refractivity contribution is 5.79. The molecule has 25 heavy (non-hydrogen) atoms. The van der Waals surface area contributed by atoms with Gasteiger partial charge in [-0.15, -0.1) is 0 Å². The van der Waals surface area contributed by atoms with Crippen LogP contribution >= 0.6 is 0 Å². The van der Waals surface area contributed by atoms with Gasteiger partial charge in [-0.1, -0.05) is 30.3 Å². The summed E-state index contributed by atoms with van der Waals surface area (Å²) in [5, 5.41) is 6.71. The molecule has 4 nitrogen and oxygen atoms in total. The first-order chi connectivity index (χ1) is 12.3. The molecule has 1 aliphatic heterocycles. The van der Waals surface area contributed by atoms with Gasteiger partial charge in [-0.05, 0) is 42.2 Å². The van der Waals surface area contributed by atoms with E-state index in [1.165, 1.54) is 17.7 Å². The van der Waals surface area contributed by atoms with Crippen LogP contribution < -0.4 is 15.4 Å². The minimum atomic E-state index is -0.203. The smallest absolute Gasteiger partial charge is 0.191 e. The minimum Gasteiger partial charge on any atom is -0.493 e. The van der Waals surface area contributed by atoms with Gasteiger partial charge in [0, 0.05) is 26.1 Å². The molecular formula is C20H24FN3O. The number of ether oxygens (including phenoxy) is 1. The normalized spacial score (nSPS) is 16.7. The van der Waals surface area contributed by atoms with E-state index in [0.717, 1.165) is 49.8 Å². The maximum absolute atomic E-state index is 12.9. The highest BCUT2D eigenvalue weighted by Crippen LogP contribution is 2.32. The van der Waals surface area contributed by atoms with Gasteiger partial charge in [0.05, 0.1) is 6.61 Å². The van der Waals surface area contributed by atoms with Crippen molar-refractivity contribution in [3.05, 3.63) is 65.5 Å². The van der Waals surface area contributed by atoms with Crippen LogP contribution in [0, 0.1) is 5.82 Å². The van der Waals surface area contributed by atoms with Crippen molar-refractivity contribution in [3.63, 3.8) is 0 Å². The average molecular weight is 341 g/mol. The first-order valence-corrected chi connectivity index (χ1v) is 8.67. The molecule has 2 N–H and O–H groups in total. The number of nitrogens with one attached hydrogen (secondary N) is 2. The quantitative estimate of drug-likeness (QED) is 0.649. The topological polar surface area (TPSA) is 45.7 Å². The fraction of sp³-hybridized carbons (Fsp3) is 0.350. The largest absolute Gasteiger partial charge is 0.493 e. The summed E-state index contributed by atoms with van der Waals surface area (Å²) in [6.45, 7) is 2.31. The van der Waals surface area contributed by atoms with E-state index in [0.29, 0.717) is 5.92 Å². The Hall–Kier alpha value is -2.56. The molecule has 0 radical (unpaired) electrons. The van der Waals surface area contributed by atoms with Gasteiger partial charge in [0.1, 0.15) is 11.6 Å². The van der Waals surface area contributed by atoms with Gasteiger partial charge < -0.3 is 15.4 Å². The zero-order chi connectivity index (χ0) is 17.5. The molecule has 1 aliphatic rings. The fourth-order valence-corrected chi connectivity index (χ4v) is 3.04. The second-order valence-electron chi connectivity index (χ2n) is 6.13. The SMILES string of the molecule is CN=C(NCCc1ccc(F)cc1)NCC1CCOc2ccccc21. The zero-order valence-electron chi connectivity index (χ0n) is 14.5. The molecule has 5 heteroatoms. The third kappa shape index (κ3) is 4.72. The molecule has 132 valence electrons. The van der Waals surface area contributed by atoms with E-state index in [-0.39, 0.29) is 5.82 Å². The van der Waals surface area contributed by atoms with Crippen LogP contribution in [0.3, 0.4) is 0 Å². The second kappa shape index (κ2) is 8.51. The molecule has 0 bridgehead atoms. The van der Waals surface area contributed by atoms with E-state index in [9.17, 15) is 4.39 Å². The van der Waals surface area contributed by atoms with Gasteiger partial charge in [-0.3, -0.25) is 4.99 Å². The standard InChI is InChI=1S/C20H24FN3O/c1-22-20(23-12-10-15-6-8-17(21)9-7-15)24-14-16-11-13-25-19-5-3-2-4-18(16)19/h2-9,16H,10-14H2,1H3,(H2,22,23,24). The van der Waals surface area contributed by atoms with E-state index in [1.54, 1.807) is 7.05 Å². The highest BCUT2D eigenvalue weighted by atomic mass is 19.1. The first kappa shape index (κ1) is 17.3. The van der Waals surface area contributed by atoms with Crippen LogP contribution in [0.15, 0.2) is 53.5 Å². The number of para-hydroxylation sites is 1. The number of rotatable bonds is 5. The van der Waals surface area contributed by atoms with Crippen molar-refractivity contribution < 1.29 is 9.13 Å². The summed E-state index contributed by atoms with van der Waals surface area (Å²) in [5.74, 6) is 1.98. The lowest BCUT2D eigenvalue weighted by Crippen LogP contribution is -2.40. The monoisotopic (exact) mass is 341 g/mol. The summed E-state index contributed by atoms with van der Waals surface area (Å²) in [5.41, 5.74) is 2.35. The molecule has 1 atom stereocenters. The van der Waals surface area contributed by atoms with Crippen molar-refractivity contribution in [2.45, 2.75) is 18.8 Å². The van der Waals surface area contributed by atoms with Crippen LogP contribution in [0.4, 0.5) is 4.39 Å². The van der Waals surface area contributed by atoms with Crippen molar-refractivity contribution in [2.24, 2.45) is 4.99 Å². The predicted molar refractivity (Wildman–Crippen MR) is 98.8 cm³/mol. The van der Waals surface area contributed by atoms with E-state index in [1.807, 2.05) is 24.3 Å². The van der Waals surface area contributed by atoms with Gasteiger partial charge in [-0.2, -0.15) is 0 Å². The predicted octanol–water partition coefficient (Wildman–Crippen LogP) is 3.10. The molecule has 3 rings (SSSR count). The van der Waals surface area contributed by atoms with Crippen LogP contribution in [0.2, 0.25) is 0 Å². The zero-order valence-corrected chi connectivity index (χ0v) is 14.5. The lowest BCUT2D eigenvalue weighted by Gasteiger charge is -2.26. The van der Waals surface area contributed by atoms with Gasteiger partial charge in [-0.25, -0.2) is 4.39 Å². The molecule has 0 fully saturated rings. The highest BCUT2D eigenvalue weighted by Gasteiger charge is 2.20. The molecule has 0 aromatic heterocycles. The fourth-order valence-electron chi connectivity index (χ4n) is 3.04. The Labute approximate surface area is 148 Å². The molecule has 0 spiro atoms. The van der Waals surface area contributed by atoms with Crippen LogP contribution in [-0.2, 0) is 6.42 Å². The molecule has 1 unspecified atom stereocenters. The maximum atomic E-state index is 12.9. The number of halogens is 1. The van der Waals surface area contributed by atoms with Crippen LogP contribution in [0.25, 0.3) is 0 Å². The van der Waals surface area contributed by atoms with Crippen LogP contribution in [0.1, 0.15) is 23.5 Å². The molecule has 0 saturated heterocycles. The number of aliphatic imine (C=N–C) groups is 1. The number of nitrogens with zero attached hydrogens (tertiary/aromatic N) is 1. The van der Waals surface area contributed by atoms with E-state index < -0.39 is 0 Å². The van der Waals surface area contributed by atoms with Crippen molar-refractivity contribution >= 4 is 5.96 Å². The molecule has 0 aliphatic carbocycles. The van der Waals surface area contributed by atoms with Gasteiger partial charge in [0.15, 0.2) is 5.96 Å². The molecule has 2 aromatic rings. The third-order valence-electron chi connectivity index (χ3n) is 4.44. The number of benzene rings is 2. The summed E-state index contributed by atoms with van der Waals surface area (Å²) in [4.78, 5) is 4.28. The molecular weight excluding hydrogens is 317 g/mol. The summed E-state index contributed by atoms with van der Waals surface area (Å²) in [7, 11) is 1.77. The molecule has 0 amide bonds. The van der Waals surface area contributed by atoms with Crippen molar-refractivity contribution in [2.75, 3.05) is 26.7 Å². The van der Waals surface area contributed by atoms with Crippen molar-refractivity contribution in [1.82, 2.24) is 10.6 Å². The Morgan fingerprint density at radius 3 is 2.76 bits per heavy atom. The lowest BCUT2D eigenvalue weighted by atomic mass is 9.93.